The molecule has 0 spiro atoms. The molecule has 1 aromatic heterocycles. The maximum absolute atomic E-state index is 7.63. The van der Waals surface area contributed by atoms with Gasteiger partial charge in [0, 0.05) is 22.0 Å². The zero-order valence-electron chi connectivity index (χ0n) is 11.9. The van der Waals surface area contributed by atoms with Crippen LogP contribution in [-0.2, 0) is 6.37 Å². The Balaban J connectivity index is 3.23. The van der Waals surface area contributed by atoms with Crippen molar-refractivity contribution in [2.75, 3.05) is 0 Å². The SMILES string of the molecule is [2H]C([2H])([2H])C([2H])([2H])C([2H])([2H])c1cnc(Br)nc1. The van der Waals surface area contributed by atoms with E-state index in [9.17, 15) is 0 Å². The Hall–Kier alpha value is -0.440. The average Bonchev–Trinajstić information content (AvgIpc) is 2.16. The predicted molar refractivity (Wildman–Crippen MR) is 43.7 cm³/mol. The number of nitrogens with zero attached hydrogens (tertiary/aromatic N) is 2. The second kappa shape index (κ2) is 3.66. The topological polar surface area (TPSA) is 25.8 Å². The van der Waals surface area contributed by atoms with E-state index < -0.39 is 19.6 Å². The molecule has 0 aliphatic heterocycles. The minimum atomic E-state index is -3.08. The Bertz CT molecular complexity index is 400. The van der Waals surface area contributed by atoms with E-state index in [-0.39, 0.29) is 10.3 Å². The van der Waals surface area contributed by atoms with E-state index in [1.807, 2.05) is 0 Å². The Morgan fingerprint density at radius 3 is 3.00 bits per heavy atom. The van der Waals surface area contributed by atoms with Gasteiger partial charge in [-0.25, -0.2) is 9.97 Å². The lowest BCUT2D eigenvalue weighted by atomic mass is 10.2. The van der Waals surface area contributed by atoms with E-state index in [1.165, 1.54) is 0 Å². The molecule has 0 atom stereocenters. The molecule has 0 bridgehead atoms. The summed E-state index contributed by atoms with van der Waals surface area (Å²) >= 11 is 2.95. The molecule has 1 aromatic rings. The zero-order valence-corrected chi connectivity index (χ0v) is 6.51. The highest BCUT2D eigenvalue weighted by atomic mass is 79.9. The third-order valence-electron chi connectivity index (χ3n) is 0.827. The van der Waals surface area contributed by atoms with Gasteiger partial charge in [-0.3, -0.25) is 0 Å². The summed E-state index contributed by atoms with van der Waals surface area (Å²) in [6.45, 7) is -3.08. The summed E-state index contributed by atoms with van der Waals surface area (Å²) in [5, 5.41) is 0. The van der Waals surface area contributed by atoms with Crippen LogP contribution in [0, 0.1) is 0 Å². The molecular formula is C7H9BrN2. The lowest BCUT2D eigenvalue weighted by Crippen LogP contribution is -1.87. The molecule has 1 rings (SSSR count). The van der Waals surface area contributed by atoms with Crippen LogP contribution in [0.15, 0.2) is 17.1 Å². The van der Waals surface area contributed by atoms with Crippen LogP contribution in [0.5, 0.6) is 0 Å². The Kier molecular flexibility index (Phi) is 0.935. The van der Waals surface area contributed by atoms with Crippen molar-refractivity contribution in [2.24, 2.45) is 0 Å². The molecule has 0 N–H and O–H groups in total. The van der Waals surface area contributed by atoms with Gasteiger partial charge >= 0.3 is 0 Å². The minimum Gasteiger partial charge on any atom is -0.230 e. The molecule has 0 saturated carbocycles. The third-order valence-corrected chi connectivity index (χ3v) is 1.24. The Labute approximate surface area is 78.7 Å². The van der Waals surface area contributed by atoms with E-state index in [4.69, 9.17) is 9.60 Å². The second-order valence-corrected chi connectivity index (χ2v) is 2.20. The van der Waals surface area contributed by atoms with Crippen molar-refractivity contribution in [2.45, 2.75) is 19.6 Å². The van der Waals surface area contributed by atoms with Gasteiger partial charge in [0.2, 0.25) is 0 Å². The van der Waals surface area contributed by atoms with Crippen LogP contribution in [-0.4, -0.2) is 9.97 Å². The van der Waals surface area contributed by atoms with Gasteiger partial charge in [-0.05, 0) is 27.9 Å². The second-order valence-electron chi connectivity index (χ2n) is 1.49. The van der Waals surface area contributed by atoms with Gasteiger partial charge in [-0.15, -0.1) is 0 Å². The Morgan fingerprint density at radius 2 is 2.40 bits per heavy atom. The number of hydrogen-bond acceptors (Lipinski definition) is 2. The van der Waals surface area contributed by atoms with Gasteiger partial charge in [0.25, 0.3) is 0 Å². The molecule has 0 aromatic carbocycles. The fourth-order valence-corrected chi connectivity index (χ4v) is 0.654. The highest BCUT2D eigenvalue weighted by molar-refractivity contribution is 9.10. The molecule has 0 aliphatic carbocycles. The van der Waals surface area contributed by atoms with Crippen molar-refractivity contribution in [1.29, 1.82) is 0 Å². The number of halogens is 1. The smallest absolute Gasteiger partial charge is 0.196 e. The predicted octanol–water partition coefficient (Wildman–Crippen LogP) is 2.19. The van der Waals surface area contributed by atoms with E-state index >= 15 is 0 Å². The van der Waals surface area contributed by atoms with Crippen LogP contribution in [0.25, 0.3) is 0 Å². The first kappa shape index (κ1) is 2.55. The first-order valence-corrected chi connectivity index (χ1v) is 3.27. The first-order chi connectivity index (χ1) is 7.50. The van der Waals surface area contributed by atoms with E-state index in [1.54, 1.807) is 0 Å². The summed E-state index contributed by atoms with van der Waals surface area (Å²) in [6, 6.07) is 0. The average molecular weight is 208 g/mol. The van der Waals surface area contributed by atoms with Gasteiger partial charge in [-0.2, -0.15) is 0 Å². The molecule has 0 unspecified atom stereocenters. The van der Waals surface area contributed by atoms with Crippen molar-refractivity contribution >= 4 is 15.9 Å². The standard InChI is InChI=1S/C7H9BrN2/c1-2-3-6-4-9-7(8)10-5-6/h4-5H,2-3H2,1H3/i1D3,2D2,3D2. The van der Waals surface area contributed by atoms with Gasteiger partial charge in [0.1, 0.15) is 0 Å². The van der Waals surface area contributed by atoms with Crippen molar-refractivity contribution in [3.05, 3.63) is 22.7 Å². The quantitative estimate of drug-likeness (QED) is 0.696. The molecule has 0 amide bonds. The van der Waals surface area contributed by atoms with E-state index in [0.29, 0.717) is 0 Å². The van der Waals surface area contributed by atoms with Crippen molar-refractivity contribution in [3.8, 4) is 0 Å². The Morgan fingerprint density at radius 1 is 1.70 bits per heavy atom. The normalized spacial score (nSPS) is 24.3. The van der Waals surface area contributed by atoms with Crippen LogP contribution < -0.4 is 0 Å². The van der Waals surface area contributed by atoms with E-state index in [2.05, 4.69) is 25.9 Å². The number of hydrogen-bond donors (Lipinski definition) is 0. The molecular weight excluding hydrogens is 192 g/mol. The number of aryl methyl sites for hydroxylation is 1. The van der Waals surface area contributed by atoms with Crippen LogP contribution in [0.2, 0.25) is 0 Å². The van der Waals surface area contributed by atoms with Gasteiger partial charge in [0.05, 0.1) is 0 Å². The largest absolute Gasteiger partial charge is 0.230 e. The van der Waals surface area contributed by atoms with Gasteiger partial charge in [-0.1, -0.05) is 13.2 Å². The number of rotatable bonds is 2. The van der Waals surface area contributed by atoms with Crippen LogP contribution in [0.3, 0.4) is 0 Å². The first-order valence-electron chi connectivity index (χ1n) is 5.98. The third kappa shape index (κ3) is 2.06. The lowest BCUT2D eigenvalue weighted by molar-refractivity contribution is 0.895. The van der Waals surface area contributed by atoms with Crippen molar-refractivity contribution in [1.82, 2.24) is 9.97 Å². The van der Waals surface area contributed by atoms with Crippen LogP contribution in [0.1, 0.15) is 28.4 Å². The molecule has 1 heterocycles. The molecule has 10 heavy (non-hydrogen) atoms. The van der Waals surface area contributed by atoms with E-state index in [0.717, 1.165) is 12.4 Å². The van der Waals surface area contributed by atoms with Gasteiger partial charge < -0.3 is 0 Å². The van der Waals surface area contributed by atoms with Crippen molar-refractivity contribution < 1.29 is 9.60 Å². The summed E-state index contributed by atoms with van der Waals surface area (Å²) < 4.78 is 51.5. The van der Waals surface area contributed by atoms with Gasteiger partial charge in [0.15, 0.2) is 4.73 Å². The molecule has 0 radical (unpaired) electrons. The summed E-state index contributed by atoms with van der Waals surface area (Å²) in [4.78, 5) is 7.31. The highest BCUT2D eigenvalue weighted by Crippen LogP contribution is 2.03. The molecule has 54 valence electrons. The summed E-state index contributed by atoms with van der Waals surface area (Å²) in [5.41, 5.74) is -0.221. The molecule has 0 fully saturated rings. The molecule has 2 nitrogen and oxygen atoms in total. The molecule has 0 aliphatic rings. The molecule has 3 heteroatoms. The van der Waals surface area contributed by atoms with Crippen molar-refractivity contribution in [3.63, 3.8) is 0 Å². The zero-order chi connectivity index (χ0) is 13.5. The summed E-state index contributed by atoms with van der Waals surface area (Å²) in [7, 11) is 0. The molecule has 0 saturated heterocycles. The summed E-state index contributed by atoms with van der Waals surface area (Å²) in [5.74, 6) is 0. The maximum Gasteiger partial charge on any atom is 0.196 e. The minimum absolute atomic E-state index is 0.214. The van der Waals surface area contributed by atoms with Crippen LogP contribution in [0.4, 0.5) is 0 Å². The highest BCUT2D eigenvalue weighted by Gasteiger charge is 1.91. The fourth-order valence-electron chi connectivity index (χ4n) is 0.449. The summed E-state index contributed by atoms with van der Waals surface area (Å²) in [6.07, 6.45) is -3.63. The maximum atomic E-state index is 7.63. The lowest BCUT2D eigenvalue weighted by Gasteiger charge is -1.94. The van der Waals surface area contributed by atoms with Crippen LogP contribution >= 0.6 is 15.9 Å². The number of aromatic nitrogens is 2. The fraction of sp³-hybridized carbons (Fsp3) is 0.429. The monoisotopic (exact) mass is 207 g/mol.